The Balaban J connectivity index is 1.73. The summed E-state index contributed by atoms with van der Waals surface area (Å²) >= 11 is 1.34. The van der Waals surface area contributed by atoms with Gasteiger partial charge in [-0.2, -0.15) is 0 Å². The van der Waals surface area contributed by atoms with Crippen LogP contribution in [0.4, 0.5) is 5.82 Å². The molecule has 7 nitrogen and oxygen atoms in total. The van der Waals surface area contributed by atoms with Crippen molar-refractivity contribution in [1.29, 1.82) is 0 Å². The predicted octanol–water partition coefficient (Wildman–Crippen LogP) is 3.16. The minimum atomic E-state index is -0.540. The number of amides is 1. The van der Waals surface area contributed by atoms with Crippen LogP contribution in [0, 0.1) is 6.92 Å². The minimum absolute atomic E-state index is 0.194. The highest BCUT2D eigenvalue weighted by Gasteiger charge is 2.19. The maximum Gasteiger partial charge on any atom is 0.261 e. The third kappa shape index (κ3) is 5.02. The van der Waals surface area contributed by atoms with Crippen molar-refractivity contribution in [3.05, 3.63) is 46.6 Å². The molecule has 0 aliphatic heterocycles. The molecule has 3 aromatic rings. The number of aryl methyl sites for hydroxylation is 1. The van der Waals surface area contributed by atoms with Gasteiger partial charge in [0.25, 0.3) is 5.91 Å². The summed E-state index contributed by atoms with van der Waals surface area (Å²) in [6, 6.07) is 7.97. The highest BCUT2D eigenvalue weighted by molar-refractivity contribution is 7.20. The number of benzene rings is 1. The second-order valence-corrected chi connectivity index (χ2v) is 7.76. The summed E-state index contributed by atoms with van der Waals surface area (Å²) < 4.78 is 5.27. The number of fused-ring (bicyclic) bond motifs is 1. The van der Waals surface area contributed by atoms with E-state index in [1.807, 2.05) is 32.0 Å². The van der Waals surface area contributed by atoms with E-state index in [0.717, 1.165) is 33.8 Å². The predicted molar refractivity (Wildman–Crippen MR) is 116 cm³/mol. The first-order chi connectivity index (χ1) is 14.0. The molecule has 0 saturated carbocycles. The van der Waals surface area contributed by atoms with E-state index >= 15 is 0 Å². The van der Waals surface area contributed by atoms with Gasteiger partial charge in [-0.15, -0.1) is 11.3 Å². The van der Waals surface area contributed by atoms with Crippen LogP contribution >= 0.6 is 11.3 Å². The van der Waals surface area contributed by atoms with E-state index in [1.54, 1.807) is 7.11 Å². The summed E-state index contributed by atoms with van der Waals surface area (Å²) in [6.07, 6.45) is 2.38. The molecule has 1 atom stereocenters. The first-order valence-corrected chi connectivity index (χ1v) is 10.4. The summed E-state index contributed by atoms with van der Waals surface area (Å²) in [5.74, 6) is 1.36. The summed E-state index contributed by atoms with van der Waals surface area (Å²) in [6.45, 7) is 4.71. The van der Waals surface area contributed by atoms with Gasteiger partial charge in [-0.05, 0) is 43.0 Å². The van der Waals surface area contributed by atoms with Crippen LogP contribution in [0.15, 0.2) is 30.6 Å². The first-order valence-electron chi connectivity index (χ1n) is 9.60. The molecule has 2 heterocycles. The molecule has 154 valence electrons. The zero-order valence-corrected chi connectivity index (χ0v) is 17.7. The van der Waals surface area contributed by atoms with Crippen molar-refractivity contribution in [2.24, 2.45) is 0 Å². The third-order valence-corrected chi connectivity index (χ3v) is 5.94. The standard InChI is InChI=1S/C21H26N4O3S/c1-4-15(26)11-23-20(27)18-13(2)17-19(24-12-25-21(17)29-18)22-9-8-14-6-5-7-16(10-14)28-3/h5-7,10,12,15,26H,4,8-9,11H2,1-3H3,(H,23,27)(H,22,24,25). The highest BCUT2D eigenvalue weighted by Crippen LogP contribution is 2.33. The monoisotopic (exact) mass is 414 g/mol. The third-order valence-electron chi connectivity index (χ3n) is 4.74. The van der Waals surface area contributed by atoms with Gasteiger partial charge in [-0.1, -0.05) is 19.1 Å². The lowest BCUT2D eigenvalue weighted by Crippen LogP contribution is -2.31. The number of rotatable bonds is 9. The number of carbonyl (C=O) groups is 1. The summed E-state index contributed by atoms with van der Waals surface area (Å²) in [7, 11) is 1.66. The Labute approximate surface area is 174 Å². The number of anilines is 1. The molecular formula is C21H26N4O3S. The quantitative estimate of drug-likeness (QED) is 0.498. The zero-order chi connectivity index (χ0) is 20.8. The molecule has 2 aromatic heterocycles. The number of aromatic nitrogens is 2. The van der Waals surface area contributed by atoms with Gasteiger partial charge in [-0.3, -0.25) is 4.79 Å². The van der Waals surface area contributed by atoms with Crippen molar-refractivity contribution in [3.63, 3.8) is 0 Å². The number of thiophene rings is 1. The molecule has 1 unspecified atom stereocenters. The van der Waals surface area contributed by atoms with E-state index in [1.165, 1.54) is 23.2 Å². The van der Waals surface area contributed by atoms with Crippen LogP contribution in [-0.2, 0) is 6.42 Å². The molecule has 0 aliphatic carbocycles. The van der Waals surface area contributed by atoms with Crippen molar-refractivity contribution in [2.75, 3.05) is 25.5 Å². The van der Waals surface area contributed by atoms with Crippen molar-refractivity contribution in [2.45, 2.75) is 32.8 Å². The molecule has 29 heavy (non-hydrogen) atoms. The van der Waals surface area contributed by atoms with E-state index in [9.17, 15) is 9.90 Å². The van der Waals surface area contributed by atoms with Crippen molar-refractivity contribution in [1.82, 2.24) is 15.3 Å². The Morgan fingerprint density at radius 2 is 2.17 bits per heavy atom. The second-order valence-electron chi connectivity index (χ2n) is 6.76. The van der Waals surface area contributed by atoms with Crippen LogP contribution in [0.25, 0.3) is 10.2 Å². The van der Waals surface area contributed by atoms with Gasteiger partial charge >= 0.3 is 0 Å². The molecule has 0 radical (unpaired) electrons. The molecule has 0 saturated heterocycles. The molecule has 0 bridgehead atoms. The number of carbonyl (C=O) groups excluding carboxylic acids is 1. The van der Waals surface area contributed by atoms with Crippen molar-refractivity contribution < 1.29 is 14.6 Å². The topological polar surface area (TPSA) is 96.4 Å². The number of aliphatic hydroxyl groups excluding tert-OH is 1. The molecule has 3 N–H and O–H groups in total. The maximum atomic E-state index is 12.5. The van der Waals surface area contributed by atoms with Gasteiger partial charge < -0.3 is 20.5 Å². The lowest BCUT2D eigenvalue weighted by atomic mass is 10.1. The molecule has 8 heteroatoms. The molecular weight excluding hydrogens is 388 g/mol. The molecule has 0 aliphatic rings. The van der Waals surface area contributed by atoms with Gasteiger partial charge in [0.15, 0.2) is 0 Å². The molecule has 3 rings (SSSR count). The maximum absolute atomic E-state index is 12.5. The lowest BCUT2D eigenvalue weighted by Gasteiger charge is -2.09. The number of aliphatic hydroxyl groups is 1. The van der Waals surface area contributed by atoms with Crippen LogP contribution in [0.5, 0.6) is 5.75 Å². The largest absolute Gasteiger partial charge is 0.497 e. The smallest absolute Gasteiger partial charge is 0.261 e. The average molecular weight is 415 g/mol. The molecule has 1 amide bonds. The second kappa shape index (κ2) is 9.67. The van der Waals surface area contributed by atoms with Gasteiger partial charge in [0.1, 0.15) is 22.7 Å². The van der Waals surface area contributed by atoms with E-state index in [2.05, 4.69) is 26.7 Å². The van der Waals surface area contributed by atoms with Crippen LogP contribution in [0.1, 0.15) is 34.1 Å². The molecule has 0 spiro atoms. The van der Waals surface area contributed by atoms with Crippen LogP contribution in [-0.4, -0.2) is 47.3 Å². The average Bonchev–Trinajstić information content (AvgIpc) is 3.09. The van der Waals surface area contributed by atoms with Crippen molar-refractivity contribution >= 4 is 33.3 Å². The van der Waals surface area contributed by atoms with Gasteiger partial charge in [0.2, 0.25) is 0 Å². The number of nitrogens with zero attached hydrogens (tertiary/aromatic N) is 2. The van der Waals surface area contributed by atoms with Crippen molar-refractivity contribution in [3.8, 4) is 5.75 Å². The SMILES string of the molecule is CCC(O)CNC(=O)c1sc2ncnc(NCCc3cccc(OC)c3)c2c1C. The van der Waals surface area contributed by atoms with Gasteiger partial charge in [-0.25, -0.2) is 9.97 Å². The summed E-state index contributed by atoms with van der Waals surface area (Å²) in [4.78, 5) is 22.6. The molecule has 0 fully saturated rings. The van der Waals surface area contributed by atoms with E-state index in [4.69, 9.17) is 4.74 Å². The normalized spacial score (nSPS) is 12.0. The first kappa shape index (κ1) is 21.0. The number of nitrogens with one attached hydrogen (secondary N) is 2. The van der Waals surface area contributed by atoms with Crippen LogP contribution in [0.3, 0.4) is 0 Å². The number of methoxy groups -OCH3 is 1. The lowest BCUT2D eigenvalue weighted by molar-refractivity contribution is 0.0917. The molecule has 1 aromatic carbocycles. The number of hydrogen-bond donors (Lipinski definition) is 3. The van der Waals surface area contributed by atoms with E-state index in [-0.39, 0.29) is 12.5 Å². The Morgan fingerprint density at radius 1 is 1.34 bits per heavy atom. The van der Waals surface area contributed by atoms with E-state index in [0.29, 0.717) is 17.8 Å². The van der Waals surface area contributed by atoms with Crippen LogP contribution < -0.4 is 15.4 Å². The summed E-state index contributed by atoms with van der Waals surface area (Å²) in [5.41, 5.74) is 2.01. The summed E-state index contributed by atoms with van der Waals surface area (Å²) in [5, 5.41) is 16.7. The number of hydrogen-bond acceptors (Lipinski definition) is 7. The highest BCUT2D eigenvalue weighted by atomic mass is 32.1. The minimum Gasteiger partial charge on any atom is -0.497 e. The fraction of sp³-hybridized carbons (Fsp3) is 0.381. The Bertz CT molecular complexity index is 989. The zero-order valence-electron chi connectivity index (χ0n) is 16.9. The Morgan fingerprint density at radius 3 is 2.93 bits per heavy atom. The van der Waals surface area contributed by atoms with E-state index < -0.39 is 6.10 Å². The fourth-order valence-corrected chi connectivity index (χ4v) is 4.08. The van der Waals surface area contributed by atoms with Gasteiger partial charge in [0, 0.05) is 13.1 Å². The Kier molecular flexibility index (Phi) is 7.00. The Hall–Kier alpha value is -2.71. The number of ether oxygens (including phenoxy) is 1. The fourth-order valence-electron chi connectivity index (χ4n) is 3.01. The van der Waals surface area contributed by atoms with Gasteiger partial charge in [0.05, 0.1) is 23.5 Å². The van der Waals surface area contributed by atoms with Crippen LogP contribution in [0.2, 0.25) is 0 Å².